The summed E-state index contributed by atoms with van der Waals surface area (Å²) in [6.07, 6.45) is 8.72. The first-order valence-corrected chi connectivity index (χ1v) is 9.38. The number of hydrogen-bond acceptors (Lipinski definition) is 3. The summed E-state index contributed by atoms with van der Waals surface area (Å²) in [6, 6.07) is 0. The lowest BCUT2D eigenvalue weighted by Crippen LogP contribution is -2.46. The summed E-state index contributed by atoms with van der Waals surface area (Å²) in [5.74, 6) is 2.17. The first-order chi connectivity index (χ1) is 9.62. The molecule has 114 valence electrons. The lowest BCUT2D eigenvalue weighted by molar-refractivity contribution is -0.133. The minimum atomic E-state index is -0.200. The highest BCUT2D eigenvalue weighted by Gasteiger charge is 2.53. The van der Waals surface area contributed by atoms with Gasteiger partial charge in [-0.1, -0.05) is 33.1 Å². The molecule has 1 saturated carbocycles. The van der Waals surface area contributed by atoms with Crippen molar-refractivity contribution in [1.82, 2.24) is 10.2 Å². The zero-order valence-corrected chi connectivity index (χ0v) is 13.7. The molecule has 0 aromatic heterocycles. The van der Waals surface area contributed by atoms with Gasteiger partial charge in [-0.05, 0) is 37.4 Å². The predicted molar refractivity (Wildman–Crippen MR) is 84.8 cm³/mol. The highest BCUT2D eigenvalue weighted by molar-refractivity contribution is 7.99. The summed E-state index contributed by atoms with van der Waals surface area (Å²) in [4.78, 5) is 15.2. The molecule has 2 atom stereocenters. The van der Waals surface area contributed by atoms with Crippen molar-refractivity contribution in [3.05, 3.63) is 0 Å². The van der Waals surface area contributed by atoms with E-state index in [9.17, 15) is 4.79 Å². The second kappa shape index (κ2) is 5.88. The molecule has 2 aliphatic heterocycles. The number of nitrogens with zero attached hydrogens (tertiary/aromatic N) is 1. The first kappa shape index (κ1) is 14.7. The normalized spacial score (nSPS) is 33.5. The topological polar surface area (TPSA) is 32.3 Å². The summed E-state index contributed by atoms with van der Waals surface area (Å²) >= 11 is 2.08. The third kappa shape index (κ3) is 2.61. The SMILES string of the molecule is CC(C)C1NC2(CCCC2)C(=O)N1CC1CCCCS1. The summed E-state index contributed by atoms with van der Waals surface area (Å²) in [6.45, 7) is 5.43. The van der Waals surface area contributed by atoms with Crippen LogP contribution in [0.5, 0.6) is 0 Å². The molecule has 1 amide bonds. The van der Waals surface area contributed by atoms with Gasteiger partial charge in [0.2, 0.25) is 5.91 Å². The number of carbonyl (C=O) groups is 1. The van der Waals surface area contributed by atoms with Crippen molar-refractivity contribution in [3.63, 3.8) is 0 Å². The van der Waals surface area contributed by atoms with E-state index in [2.05, 4.69) is 35.8 Å². The number of thioether (sulfide) groups is 1. The Labute approximate surface area is 127 Å². The van der Waals surface area contributed by atoms with E-state index >= 15 is 0 Å². The van der Waals surface area contributed by atoms with E-state index in [0.717, 1.165) is 19.4 Å². The van der Waals surface area contributed by atoms with Crippen LogP contribution in [0.2, 0.25) is 0 Å². The molecule has 20 heavy (non-hydrogen) atoms. The first-order valence-electron chi connectivity index (χ1n) is 8.33. The molecule has 1 aliphatic carbocycles. The van der Waals surface area contributed by atoms with Gasteiger partial charge in [-0.3, -0.25) is 10.1 Å². The Balaban J connectivity index is 1.73. The monoisotopic (exact) mass is 296 g/mol. The van der Waals surface area contributed by atoms with Gasteiger partial charge in [0.25, 0.3) is 0 Å². The molecule has 0 bridgehead atoms. The van der Waals surface area contributed by atoms with Crippen LogP contribution < -0.4 is 5.32 Å². The van der Waals surface area contributed by atoms with Crippen LogP contribution >= 0.6 is 11.8 Å². The molecule has 1 N–H and O–H groups in total. The van der Waals surface area contributed by atoms with E-state index in [1.807, 2.05) is 0 Å². The van der Waals surface area contributed by atoms with Crippen molar-refractivity contribution < 1.29 is 4.79 Å². The number of carbonyl (C=O) groups excluding carboxylic acids is 1. The average molecular weight is 296 g/mol. The molecule has 4 heteroatoms. The van der Waals surface area contributed by atoms with Crippen molar-refractivity contribution in [2.75, 3.05) is 12.3 Å². The lowest BCUT2D eigenvalue weighted by Gasteiger charge is -2.32. The lowest BCUT2D eigenvalue weighted by atomic mass is 9.98. The van der Waals surface area contributed by atoms with Crippen LogP contribution in [0.15, 0.2) is 0 Å². The number of amides is 1. The number of rotatable bonds is 3. The minimum absolute atomic E-state index is 0.200. The summed E-state index contributed by atoms with van der Waals surface area (Å²) < 4.78 is 0. The zero-order chi connectivity index (χ0) is 14.2. The van der Waals surface area contributed by atoms with Gasteiger partial charge >= 0.3 is 0 Å². The molecule has 3 nitrogen and oxygen atoms in total. The zero-order valence-electron chi connectivity index (χ0n) is 12.9. The number of nitrogens with one attached hydrogen (secondary N) is 1. The van der Waals surface area contributed by atoms with Gasteiger partial charge in [-0.2, -0.15) is 11.8 Å². The standard InChI is InChI=1S/C16H28N2OS/c1-12(2)14-17-16(8-4-5-9-16)15(19)18(14)11-13-7-3-6-10-20-13/h12-14,17H,3-11H2,1-2H3. The van der Waals surface area contributed by atoms with Crippen LogP contribution in [0.3, 0.4) is 0 Å². The molecular weight excluding hydrogens is 268 g/mol. The van der Waals surface area contributed by atoms with Crippen LogP contribution in [-0.4, -0.2) is 40.1 Å². The van der Waals surface area contributed by atoms with Gasteiger partial charge in [0.15, 0.2) is 0 Å². The summed E-state index contributed by atoms with van der Waals surface area (Å²) in [7, 11) is 0. The van der Waals surface area contributed by atoms with E-state index in [0.29, 0.717) is 17.1 Å². The molecular formula is C16H28N2OS. The van der Waals surface area contributed by atoms with Crippen molar-refractivity contribution in [2.45, 2.75) is 75.7 Å². The second-order valence-electron chi connectivity index (χ2n) is 7.07. The maximum Gasteiger partial charge on any atom is 0.244 e. The van der Waals surface area contributed by atoms with Crippen LogP contribution in [-0.2, 0) is 4.79 Å². The Morgan fingerprint density at radius 1 is 1.30 bits per heavy atom. The van der Waals surface area contributed by atoms with Crippen molar-refractivity contribution in [2.24, 2.45) is 5.92 Å². The van der Waals surface area contributed by atoms with E-state index in [1.165, 1.54) is 37.9 Å². The third-order valence-electron chi connectivity index (χ3n) is 5.19. The van der Waals surface area contributed by atoms with E-state index in [-0.39, 0.29) is 11.7 Å². The average Bonchev–Trinajstić information content (AvgIpc) is 3.02. The van der Waals surface area contributed by atoms with Gasteiger partial charge in [0.05, 0.1) is 11.7 Å². The Bertz CT molecular complexity index is 359. The van der Waals surface area contributed by atoms with Gasteiger partial charge in [-0.15, -0.1) is 0 Å². The Morgan fingerprint density at radius 3 is 2.65 bits per heavy atom. The van der Waals surface area contributed by atoms with Gasteiger partial charge in [-0.25, -0.2) is 0 Å². The highest BCUT2D eigenvalue weighted by Crippen LogP contribution is 2.39. The van der Waals surface area contributed by atoms with Gasteiger partial charge < -0.3 is 4.90 Å². The van der Waals surface area contributed by atoms with E-state index < -0.39 is 0 Å². The molecule has 0 aromatic carbocycles. The second-order valence-corrected chi connectivity index (χ2v) is 8.48. The fourth-order valence-corrected chi connectivity index (χ4v) is 5.36. The highest BCUT2D eigenvalue weighted by atomic mass is 32.2. The van der Waals surface area contributed by atoms with Crippen LogP contribution in [0.4, 0.5) is 0 Å². The van der Waals surface area contributed by atoms with Crippen molar-refractivity contribution in [3.8, 4) is 0 Å². The predicted octanol–water partition coefficient (Wildman–Crippen LogP) is 3.00. The molecule has 0 radical (unpaired) electrons. The molecule has 2 heterocycles. The van der Waals surface area contributed by atoms with Crippen molar-refractivity contribution >= 4 is 17.7 Å². The van der Waals surface area contributed by atoms with Crippen LogP contribution in [0.25, 0.3) is 0 Å². The largest absolute Gasteiger partial charge is 0.324 e. The summed E-state index contributed by atoms with van der Waals surface area (Å²) in [5, 5.41) is 4.38. The Hall–Kier alpha value is -0.220. The third-order valence-corrected chi connectivity index (χ3v) is 6.57. The fraction of sp³-hybridized carbons (Fsp3) is 0.938. The fourth-order valence-electron chi connectivity index (χ4n) is 4.05. The van der Waals surface area contributed by atoms with E-state index in [1.54, 1.807) is 0 Å². The van der Waals surface area contributed by atoms with Gasteiger partial charge in [0, 0.05) is 11.8 Å². The Kier molecular flexibility index (Phi) is 4.32. The molecule has 1 spiro atoms. The quantitative estimate of drug-likeness (QED) is 0.869. The van der Waals surface area contributed by atoms with Crippen molar-refractivity contribution in [1.29, 1.82) is 0 Å². The molecule has 0 aromatic rings. The molecule has 2 unspecified atom stereocenters. The Morgan fingerprint density at radius 2 is 2.05 bits per heavy atom. The van der Waals surface area contributed by atoms with Gasteiger partial charge in [0.1, 0.15) is 0 Å². The maximum absolute atomic E-state index is 13.0. The van der Waals surface area contributed by atoms with Crippen LogP contribution in [0.1, 0.15) is 58.8 Å². The summed E-state index contributed by atoms with van der Waals surface area (Å²) in [5.41, 5.74) is -0.200. The maximum atomic E-state index is 13.0. The smallest absolute Gasteiger partial charge is 0.244 e. The number of hydrogen-bond donors (Lipinski definition) is 1. The molecule has 2 saturated heterocycles. The molecule has 3 aliphatic rings. The van der Waals surface area contributed by atoms with Crippen LogP contribution in [0, 0.1) is 5.92 Å². The molecule has 3 rings (SSSR count). The molecule has 3 fully saturated rings. The minimum Gasteiger partial charge on any atom is -0.324 e. The van der Waals surface area contributed by atoms with E-state index in [4.69, 9.17) is 0 Å².